The van der Waals surface area contributed by atoms with Crippen molar-refractivity contribution in [1.82, 2.24) is 0 Å². The molecule has 23 heavy (non-hydrogen) atoms. The van der Waals surface area contributed by atoms with E-state index in [4.69, 9.17) is 40.0 Å². The fraction of sp³-hybridized carbons (Fsp3) is 1.00. The molecule has 0 aliphatic carbocycles. The molecule has 0 N–H and O–H groups in total. The Hall–Kier alpha value is 0.0500. The molecule has 0 unspecified atom stereocenters. The molecule has 0 saturated heterocycles. The zero-order valence-electron chi connectivity index (χ0n) is 14.4. The van der Waals surface area contributed by atoms with Crippen LogP contribution >= 0.6 is 11.6 Å². The van der Waals surface area contributed by atoms with Gasteiger partial charge in [0.05, 0.1) is 72.7 Å². The van der Waals surface area contributed by atoms with Crippen LogP contribution < -0.4 is 0 Å². The minimum absolute atomic E-state index is 0.515. The van der Waals surface area contributed by atoms with Gasteiger partial charge < -0.3 is 28.4 Å². The lowest BCUT2D eigenvalue weighted by atomic mass is 10.4. The van der Waals surface area contributed by atoms with Gasteiger partial charge in [0, 0.05) is 12.5 Å². The van der Waals surface area contributed by atoms with Crippen molar-refractivity contribution in [2.45, 2.75) is 19.8 Å². The minimum Gasteiger partial charge on any atom is -0.379 e. The van der Waals surface area contributed by atoms with E-state index in [0.717, 1.165) is 19.4 Å². The molecule has 0 spiro atoms. The van der Waals surface area contributed by atoms with Crippen molar-refractivity contribution < 1.29 is 28.4 Å². The lowest BCUT2D eigenvalue weighted by molar-refractivity contribution is -0.0162. The van der Waals surface area contributed by atoms with E-state index >= 15 is 0 Å². The van der Waals surface area contributed by atoms with E-state index in [1.165, 1.54) is 0 Å². The summed E-state index contributed by atoms with van der Waals surface area (Å²) < 4.78 is 32.0. The van der Waals surface area contributed by atoms with Gasteiger partial charge in [0.15, 0.2) is 0 Å². The first-order valence-corrected chi connectivity index (χ1v) is 8.97. The van der Waals surface area contributed by atoms with Gasteiger partial charge in [0.1, 0.15) is 0 Å². The van der Waals surface area contributed by atoms with Gasteiger partial charge in [-0.2, -0.15) is 0 Å². The van der Waals surface area contributed by atoms with Gasteiger partial charge in [-0.1, -0.05) is 13.3 Å². The second kappa shape index (κ2) is 22.1. The maximum absolute atomic E-state index is 5.47. The Balaban J connectivity index is 2.92. The van der Waals surface area contributed by atoms with Crippen molar-refractivity contribution in [2.75, 3.05) is 85.2 Å². The fourth-order valence-electron chi connectivity index (χ4n) is 1.50. The highest BCUT2D eigenvalue weighted by Crippen LogP contribution is 1.88. The molecule has 0 saturated carbocycles. The summed E-state index contributed by atoms with van der Waals surface area (Å²) >= 11 is 5.47. The Morgan fingerprint density at radius 3 is 1.09 bits per heavy atom. The summed E-state index contributed by atoms with van der Waals surface area (Å²) in [6.45, 7) is 9.34. The number of rotatable bonds is 20. The molecular formula is C16H33ClO6. The largest absolute Gasteiger partial charge is 0.379 e. The zero-order valence-corrected chi connectivity index (χ0v) is 15.2. The molecule has 7 heteroatoms. The Labute approximate surface area is 145 Å². The van der Waals surface area contributed by atoms with E-state index < -0.39 is 0 Å². The van der Waals surface area contributed by atoms with Crippen molar-refractivity contribution in [2.24, 2.45) is 0 Å². The summed E-state index contributed by atoms with van der Waals surface area (Å²) in [4.78, 5) is 0. The second-order valence-corrected chi connectivity index (χ2v) is 5.09. The SMILES string of the molecule is CCCCOCCOCCOCCOCCOCCOCCCl. The Kier molecular flexibility index (Phi) is 22.1. The van der Waals surface area contributed by atoms with Gasteiger partial charge >= 0.3 is 0 Å². The van der Waals surface area contributed by atoms with Gasteiger partial charge in [-0.25, -0.2) is 0 Å². The Bertz CT molecular complexity index is 189. The van der Waals surface area contributed by atoms with E-state index in [9.17, 15) is 0 Å². The van der Waals surface area contributed by atoms with E-state index in [0.29, 0.717) is 78.6 Å². The zero-order chi connectivity index (χ0) is 16.8. The number of alkyl halides is 1. The van der Waals surface area contributed by atoms with Crippen molar-refractivity contribution in [1.29, 1.82) is 0 Å². The summed E-state index contributed by atoms with van der Waals surface area (Å²) in [5.41, 5.74) is 0. The smallest absolute Gasteiger partial charge is 0.0701 e. The van der Waals surface area contributed by atoms with E-state index in [-0.39, 0.29) is 0 Å². The minimum atomic E-state index is 0.515. The Morgan fingerprint density at radius 1 is 0.478 bits per heavy atom. The average Bonchev–Trinajstić information content (AvgIpc) is 2.57. The van der Waals surface area contributed by atoms with Gasteiger partial charge in [-0.05, 0) is 6.42 Å². The molecule has 0 aromatic carbocycles. The molecule has 0 amide bonds. The first-order chi connectivity index (χ1) is 11.4. The third-order valence-electron chi connectivity index (χ3n) is 2.72. The van der Waals surface area contributed by atoms with Crippen molar-refractivity contribution >= 4 is 11.6 Å². The summed E-state index contributed by atoms with van der Waals surface area (Å²) in [5.74, 6) is 0.515. The van der Waals surface area contributed by atoms with Crippen LogP contribution in [0, 0.1) is 0 Å². The lowest BCUT2D eigenvalue weighted by Gasteiger charge is -2.08. The average molecular weight is 357 g/mol. The standard InChI is InChI=1S/C16H33ClO6/c1-2-3-5-18-7-9-20-11-13-22-15-16-23-14-12-21-10-8-19-6-4-17/h2-16H2,1H3. The first kappa shape index (κ1) is 23.1. The van der Waals surface area contributed by atoms with Gasteiger partial charge in [-0.15, -0.1) is 11.6 Å². The third-order valence-corrected chi connectivity index (χ3v) is 2.88. The first-order valence-electron chi connectivity index (χ1n) is 8.44. The molecule has 0 aromatic rings. The molecule has 0 aromatic heterocycles. The summed E-state index contributed by atoms with van der Waals surface area (Å²) in [7, 11) is 0. The fourth-order valence-corrected chi connectivity index (χ4v) is 1.61. The highest BCUT2D eigenvalue weighted by molar-refractivity contribution is 6.17. The number of halogens is 1. The number of ether oxygens (including phenoxy) is 6. The molecule has 0 radical (unpaired) electrons. The molecule has 0 aliphatic rings. The predicted octanol–water partition coefficient (Wildman–Crippen LogP) is 2.12. The molecule has 0 bridgehead atoms. The summed E-state index contributed by atoms with van der Waals surface area (Å²) in [6, 6.07) is 0. The summed E-state index contributed by atoms with van der Waals surface area (Å²) in [6.07, 6.45) is 2.27. The van der Waals surface area contributed by atoms with Gasteiger partial charge in [0.25, 0.3) is 0 Å². The van der Waals surface area contributed by atoms with Crippen LogP contribution in [0.3, 0.4) is 0 Å². The van der Waals surface area contributed by atoms with Crippen LogP contribution in [0.25, 0.3) is 0 Å². The normalized spacial score (nSPS) is 11.2. The van der Waals surface area contributed by atoms with Crippen LogP contribution in [-0.2, 0) is 28.4 Å². The molecule has 0 rings (SSSR count). The second-order valence-electron chi connectivity index (χ2n) is 4.72. The van der Waals surface area contributed by atoms with Gasteiger partial charge in [-0.3, -0.25) is 0 Å². The van der Waals surface area contributed by atoms with E-state index in [1.807, 2.05) is 0 Å². The van der Waals surface area contributed by atoms with Crippen LogP contribution in [0.4, 0.5) is 0 Å². The molecule has 140 valence electrons. The highest BCUT2D eigenvalue weighted by Gasteiger charge is 1.93. The van der Waals surface area contributed by atoms with E-state index in [1.54, 1.807) is 0 Å². The third kappa shape index (κ3) is 22.1. The quantitative estimate of drug-likeness (QED) is 0.246. The van der Waals surface area contributed by atoms with Crippen LogP contribution in [0.15, 0.2) is 0 Å². The lowest BCUT2D eigenvalue weighted by Crippen LogP contribution is -2.14. The molecular weight excluding hydrogens is 324 g/mol. The van der Waals surface area contributed by atoms with Crippen LogP contribution in [-0.4, -0.2) is 85.2 Å². The molecule has 0 atom stereocenters. The van der Waals surface area contributed by atoms with Crippen molar-refractivity contribution in [3.8, 4) is 0 Å². The van der Waals surface area contributed by atoms with Crippen LogP contribution in [0.1, 0.15) is 19.8 Å². The van der Waals surface area contributed by atoms with Crippen molar-refractivity contribution in [3.05, 3.63) is 0 Å². The molecule has 6 nitrogen and oxygen atoms in total. The Morgan fingerprint density at radius 2 is 0.783 bits per heavy atom. The van der Waals surface area contributed by atoms with E-state index in [2.05, 4.69) is 6.92 Å². The molecule has 0 heterocycles. The summed E-state index contributed by atoms with van der Waals surface area (Å²) in [5, 5.41) is 0. The van der Waals surface area contributed by atoms with Crippen LogP contribution in [0.2, 0.25) is 0 Å². The molecule has 0 fully saturated rings. The van der Waals surface area contributed by atoms with Crippen molar-refractivity contribution in [3.63, 3.8) is 0 Å². The number of hydrogen-bond donors (Lipinski definition) is 0. The van der Waals surface area contributed by atoms with Gasteiger partial charge in [0.2, 0.25) is 0 Å². The maximum Gasteiger partial charge on any atom is 0.0701 e. The number of unbranched alkanes of at least 4 members (excludes halogenated alkanes) is 1. The number of hydrogen-bond acceptors (Lipinski definition) is 6. The van der Waals surface area contributed by atoms with Crippen LogP contribution in [0.5, 0.6) is 0 Å². The highest BCUT2D eigenvalue weighted by atomic mass is 35.5. The monoisotopic (exact) mass is 356 g/mol. The predicted molar refractivity (Wildman–Crippen MR) is 90.5 cm³/mol. The molecule has 0 aliphatic heterocycles. The maximum atomic E-state index is 5.47. The topological polar surface area (TPSA) is 55.4 Å².